The van der Waals surface area contributed by atoms with E-state index >= 15 is 0 Å². The fourth-order valence-electron chi connectivity index (χ4n) is 3.64. The van der Waals surface area contributed by atoms with E-state index < -0.39 is 25.8 Å². The van der Waals surface area contributed by atoms with E-state index in [4.69, 9.17) is 32.7 Å². The third-order valence-electron chi connectivity index (χ3n) is 5.79. The van der Waals surface area contributed by atoms with E-state index in [1.165, 1.54) is 12.1 Å². The molecule has 0 aliphatic carbocycles. The highest BCUT2D eigenvalue weighted by molar-refractivity contribution is 6.76. The summed E-state index contributed by atoms with van der Waals surface area (Å²) in [6, 6.07) is 12.5. The van der Waals surface area contributed by atoms with Crippen molar-refractivity contribution >= 4 is 65.6 Å². The van der Waals surface area contributed by atoms with E-state index in [0.717, 1.165) is 11.4 Å². The maximum absolute atomic E-state index is 12.8. The molecule has 0 radical (unpaired) electrons. The van der Waals surface area contributed by atoms with Crippen LogP contribution in [0.25, 0.3) is 10.9 Å². The van der Waals surface area contributed by atoms with Crippen LogP contribution in [0.4, 0.5) is 10.5 Å². The van der Waals surface area contributed by atoms with Gasteiger partial charge in [-0.2, -0.15) is 10.4 Å². The minimum atomic E-state index is -1.26. The monoisotopic (exact) mass is 631 g/mol. The second-order valence-corrected chi connectivity index (χ2v) is 16.8. The molecule has 3 aromatic rings. The van der Waals surface area contributed by atoms with Gasteiger partial charge in [-0.1, -0.05) is 42.8 Å². The summed E-state index contributed by atoms with van der Waals surface area (Å²) in [5.74, 6) is -0.458. The fourth-order valence-corrected chi connectivity index (χ4v) is 4.96. The molecule has 222 valence electrons. The molecule has 2 N–H and O–H groups in total. The Morgan fingerprint density at radius 1 is 1.12 bits per heavy atom. The van der Waals surface area contributed by atoms with E-state index in [-0.39, 0.29) is 40.4 Å². The van der Waals surface area contributed by atoms with Crippen molar-refractivity contribution in [3.63, 3.8) is 0 Å². The Balaban J connectivity index is 1.79. The number of halogens is 2. The number of fused-ring (bicyclic) bond motifs is 1. The van der Waals surface area contributed by atoms with Crippen molar-refractivity contribution in [1.29, 1.82) is 5.26 Å². The van der Waals surface area contributed by atoms with Crippen LogP contribution in [-0.2, 0) is 21.0 Å². The number of nitrogens with one attached hydrogen (secondary N) is 2. The van der Waals surface area contributed by atoms with Crippen molar-refractivity contribution in [2.24, 2.45) is 5.10 Å². The Kier molecular flexibility index (Phi) is 11.1. The van der Waals surface area contributed by atoms with Crippen molar-refractivity contribution in [3.05, 3.63) is 62.4 Å². The molecule has 1 heterocycles. The fraction of sp³-hybridized carbons (Fsp3) is 0.321. The van der Waals surface area contributed by atoms with Gasteiger partial charge in [-0.05, 0) is 56.3 Å². The smallest absolute Gasteiger partial charge is 0.414 e. The molecule has 2 amide bonds. The van der Waals surface area contributed by atoms with Crippen LogP contribution in [0.3, 0.4) is 0 Å². The Morgan fingerprint density at radius 3 is 2.43 bits per heavy atom. The second kappa shape index (κ2) is 14.3. The van der Waals surface area contributed by atoms with Gasteiger partial charge < -0.3 is 14.2 Å². The number of pyridine rings is 1. The molecule has 0 spiro atoms. The molecule has 0 unspecified atom stereocenters. The lowest BCUT2D eigenvalue weighted by Crippen LogP contribution is -2.36. The van der Waals surface area contributed by atoms with Gasteiger partial charge in [0.05, 0.1) is 27.9 Å². The van der Waals surface area contributed by atoms with Crippen LogP contribution in [0, 0.1) is 18.3 Å². The van der Waals surface area contributed by atoms with Crippen molar-refractivity contribution in [1.82, 2.24) is 9.88 Å². The first-order valence-corrected chi connectivity index (χ1v) is 17.4. The number of ether oxygens (including phenoxy) is 3. The summed E-state index contributed by atoms with van der Waals surface area (Å²) in [4.78, 5) is 36.3. The first-order valence-electron chi connectivity index (χ1n) is 12.9. The number of hydrogen-bond acceptors (Lipinski definition) is 9. The number of rotatable bonds is 11. The second-order valence-electron chi connectivity index (χ2n) is 10.4. The van der Waals surface area contributed by atoms with Crippen molar-refractivity contribution < 1.29 is 23.8 Å². The van der Waals surface area contributed by atoms with Gasteiger partial charge in [0.2, 0.25) is 5.71 Å². The lowest BCUT2D eigenvalue weighted by Gasteiger charge is -2.17. The minimum absolute atomic E-state index is 0.0512. The number of carbonyl (C=O) groups is 2. The molecule has 0 aliphatic heterocycles. The zero-order valence-electron chi connectivity index (χ0n) is 23.8. The summed E-state index contributed by atoms with van der Waals surface area (Å²) < 4.78 is 18.0. The van der Waals surface area contributed by atoms with E-state index in [9.17, 15) is 19.6 Å². The Bertz CT molecular complexity index is 1600. The molecule has 0 bridgehead atoms. The normalized spacial score (nSPS) is 11.6. The zero-order valence-corrected chi connectivity index (χ0v) is 26.4. The van der Waals surface area contributed by atoms with Gasteiger partial charge in [0, 0.05) is 25.6 Å². The average Bonchev–Trinajstić information content (AvgIpc) is 2.90. The lowest BCUT2D eigenvalue weighted by molar-refractivity contribution is -0.114. The van der Waals surface area contributed by atoms with Crippen LogP contribution in [0.1, 0.15) is 12.5 Å². The number of hydrazone groups is 1. The largest absolute Gasteiger partial charge is 0.454 e. The third kappa shape index (κ3) is 8.80. The van der Waals surface area contributed by atoms with Gasteiger partial charge in [0.1, 0.15) is 18.5 Å². The molecule has 1 aromatic heterocycles. The van der Waals surface area contributed by atoms with Gasteiger partial charge in [0.25, 0.3) is 11.5 Å². The molecule has 0 atom stereocenters. The van der Waals surface area contributed by atoms with Crippen molar-refractivity contribution in [2.75, 3.05) is 18.6 Å². The minimum Gasteiger partial charge on any atom is -0.454 e. The summed E-state index contributed by atoms with van der Waals surface area (Å²) in [6.07, 6.45) is -1.00. The summed E-state index contributed by atoms with van der Waals surface area (Å²) in [5.41, 5.74) is 3.27. The summed E-state index contributed by atoms with van der Waals surface area (Å²) in [5, 5.41) is 15.8. The van der Waals surface area contributed by atoms with Gasteiger partial charge in [0.15, 0.2) is 5.75 Å². The van der Waals surface area contributed by atoms with Crippen LogP contribution in [0.2, 0.25) is 35.7 Å². The molecule has 14 heteroatoms. The van der Waals surface area contributed by atoms with Crippen LogP contribution in [0.5, 0.6) is 11.5 Å². The van der Waals surface area contributed by atoms with Gasteiger partial charge in [-0.15, -0.1) is 0 Å². The molecular formula is C28H31Cl2N5O6Si. The highest BCUT2D eigenvalue weighted by Gasteiger charge is 2.17. The van der Waals surface area contributed by atoms with Crippen LogP contribution in [0.15, 0.2) is 46.3 Å². The number of carbonyl (C=O) groups excluding carboxylic acids is 2. The summed E-state index contributed by atoms with van der Waals surface area (Å²) in [7, 11) is -1.26. The van der Waals surface area contributed by atoms with Crippen molar-refractivity contribution in [3.8, 4) is 17.6 Å². The lowest BCUT2D eigenvalue weighted by atomic mass is 10.1. The third-order valence-corrected chi connectivity index (χ3v) is 8.05. The Hall–Kier alpha value is -3.89. The Labute approximate surface area is 254 Å². The molecule has 2 aromatic carbocycles. The number of aromatic nitrogens is 1. The number of amides is 2. The SMILES string of the molecule is CCOC(=O)NC(=O)/C(C#N)=N\Nc1cc(Cl)c(Oc2ccc3c(c2)cc(C)c(=O)n3COCC[Si](C)(C)C)c(Cl)c1. The van der Waals surface area contributed by atoms with Gasteiger partial charge in [-0.25, -0.2) is 4.79 Å². The van der Waals surface area contributed by atoms with Crippen LogP contribution >= 0.6 is 23.2 Å². The molecule has 42 heavy (non-hydrogen) atoms. The highest BCUT2D eigenvalue weighted by Crippen LogP contribution is 2.39. The molecule has 3 rings (SSSR count). The van der Waals surface area contributed by atoms with E-state index in [2.05, 4.69) is 34.9 Å². The van der Waals surface area contributed by atoms with E-state index in [1.807, 2.05) is 5.32 Å². The maximum atomic E-state index is 12.8. The number of nitriles is 1. The van der Waals surface area contributed by atoms with Gasteiger partial charge >= 0.3 is 6.09 Å². The standard InChI is InChI=1S/C28H31Cl2N5O6Si/c1-6-40-28(38)32-26(36)23(15-31)34-33-19-13-21(29)25(22(30)14-19)41-20-7-8-24-18(12-20)11-17(2)27(37)35(24)16-39-9-10-42(3,4)5/h7-8,11-14,33H,6,9-10,16H2,1-5H3,(H,32,36,38)/b34-23-. The van der Waals surface area contributed by atoms with Crippen LogP contribution in [-0.4, -0.2) is 43.6 Å². The quantitative estimate of drug-likeness (QED) is 0.109. The number of hydrogen-bond donors (Lipinski definition) is 2. The molecule has 11 nitrogen and oxygen atoms in total. The molecule has 0 saturated carbocycles. The molecule has 0 saturated heterocycles. The summed E-state index contributed by atoms with van der Waals surface area (Å²) in [6.45, 7) is 10.9. The maximum Gasteiger partial charge on any atom is 0.414 e. The van der Waals surface area contributed by atoms with Gasteiger partial charge in [-0.3, -0.25) is 24.9 Å². The van der Waals surface area contributed by atoms with Crippen LogP contribution < -0.4 is 21.0 Å². The van der Waals surface area contributed by atoms with E-state index in [0.29, 0.717) is 23.4 Å². The zero-order chi connectivity index (χ0) is 31.0. The molecule has 0 fully saturated rings. The first kappa shape index (κ1) is 32.6. The van der Waals surface area contributed by atoms with Crippen molar-refractivity contribution in [2.45, 2.75) is 46.3 Å². The summed E-state index contributed by atoms with van der Waals surface area (Å²) >= 11 is 12.9. The highest BCUT2D eigenvalue weighted by atomic mass is 35.5. The number of anilines is 1. The first-order chi connectivity index (χ1) is 19.8. The number of aryl methyl sites for hydroxylation is 1. The predicted octanol–water partition coefficient (Wildman–Crippen LogP) is 6.29. The molecular weight excluding hydrogens is 601 g/mol. The predicted molar refractivity (Wildman–Crippen MR) is 165 cm³/mol. The average molecular weight is 633 g/mol. The molecule has 0 aliphatic rings. The number of imide groups is 1. The number of alkyl carbamates (subject to hydrolysis) is 1. The number of nitrogens with zero attached hydrogens (tertiary/aromatic N) is 3. The van der Waals surface area contributed by atoms with E-state index in [1.54, 1.807) is 48.7 Å². The topological polar surface area (TPSA) is 144 Å². The Morgan fingerprint density at radius 2 is 1.81 bits per heavy atom. The number of benzene rings is 2.